The number of phenols is 2. The van der Waals surface area contributed by atoms with Gasteiger partial charge in [-0.1, -0.05) is 51.8 Å². The highest BCUT2D eigenvalue weighted by atomic mass is 79.9. The van der Waals surface area contributed by atoms with Crippen molar-refractivity contribution in [1.82, 2.24) is 87.2 Å². The number of halogens is 3. The quantitative estimate of drug-likeness (QED) is 0.0780. The summed E-state index contributed by atoms with van der Waals surface area (Å²) in [5.74, 6) is -2.23. The molecule has 0 fully saturated rings. The predicted molar refractivity (Wildman–Crippen MR) is 274 cm³/mol. The van der Waals surface area contributed by atoms with Gasteiger partial charge in [0.05, 0.1) is 20.6 Å². The average Bonchev–Trinajstić information content (AvgIpc) is 3.41. The number of aromatic nitrogens is 13. The maximum atomic E-state index is 11.9. The Balaban J connectivity index is 0.000000185. The van der Waals surface area contributed by atoms with E-state index in [1.54, 1.807) is 67.1 Å². The van der Waals surface area contributed by atoms with Gasteiger partial charge in [0, 0.05) is 29.3 Å². The van der Waals surface area contributed by atoms with E-state index in [9.17, 15) is 43.8 Å². The molecular formula is C42H38Br2ClN21O9. The highest BCUT2D eigenvalue weighted by Gasteiger charge is 2.16. The van der Waals surface area contributed by atoms with Crippen molar-refractivity contribution in [2.45, 2.75) is 20.8 Å². The normalized spacial score (nSPS) is 9.95. The molecule has 33 heteroatoms. The number of rotatable bonds is 12. The number of H-pyrrole nitrogens is 3. The van der Waals surface area contributed by atoms with E-state index >= 15 is 0 Å². The third-order valence-corrected chi connectivity index (χ3v) is 9.75. The van der Waals surface area contributed by atoms with E-state index in [-0.39, 0.29) is 79.7 Å². The Labute approximate surface area is 441 Å². The van der Waals surface area contributed by atoms with Gasteiger partial charge in [-0.3, -0.25) is 102 Å². The topological polar surface area (TPSA) is 432 Å². The van der Waals surface area contributed by atoms with Crippen LogP contribution >= 0.6 is 43.5 Å². The maximum Gasteiger partial charge on any atom is 0.288 e. The van der Waals surface area contributed by atoms with E-state index in [4.69, 9.17) is 11.6 Å². The van der Waals surface area contributed by atoms with Gasteiger partial charge in [-0.05, 0) is 85.2 Å². The third kappa shape index (κ3) is 17.8. The minimum atomic E-state index is -0.668. The van der Waals surface area contributed by atoms with Crippen molar-refractivity contribution in [1.29, 1.82) is 0 Å². The number of para-hydroxylation sites is 1. The number of phenolic OH excluding ortho intramolecular Hbond substituents is 2. The first kappa shape index (κ1) is 56.1. The van der Waals surface area contributed by atoms with E-state index in [0.717, 1.165) is 4.47 Å². The molecule has 75 heavy (non-hydrogen) atoms. The van der Waals surface area contributed by atoms with Crippen molar-refractivity contribution in [3.8, 4) is 11.5 Å². The Morgan fingerprint density at radius 3 is 1.35 bits per heavy atom. The molecule has 2 aromatic carbocycles. The van der Waals surface area contributed by atoms with Crippen molar-refractivity contribution in [3.63, 3.8) is 0 Å². The second-order valence-corrected chi connectivity index (χ2v) is 16.3. The Hall–Kier alpha value is -9.82. The summed E-state index contributed by atoms with van der Waals surface area (Å²) in [5, 5.41) is 41.0. The molecule has 4 amide bonds. The first-order valence-electron chi connectivity index (χ1n) is 20.7. The monoisotopic (exact) mass is 1170 g/mol. The molecule has 0 saturated heterocycles. The molecule has 0 aliphatic heterocycles. The van der Waals surface area contributed by atoms with Gasteiger partial charge in [-0.25, -0.2) is 9.97 Å². The van der Waals surface area contributed by atoms with Crippen LogP contribution in [0.25, 0.3) is 0 Å². The number of carbonyl (C=O) groups excluding carboxylic acids is 4. The molecule has 0 bridgehead atoms. The SMILES string of the molecule is Cc1nnc(NNC(=O)c2cc(Br)cc(Cl)c2O)[nH]c1=O.Cc1nnc(NNC(=O)c2ccccc2O)[nH]c1=O.Cc1nnc(NNC(=O)c2ccccn2)[nH]c1=O.O=C(NNc1ncc(Br)cn1)c1ccccn1. The molecule has 0 unspecified atom stereocenters. The molecule has 8 aromatic rings. The van der Waals surface area contributed by atoms with Crippen LogP contribution in [0.1, 0.15) is 58.8 Å². The number of aromatic hydroxyl groups is 2. The minimum absolute atomic E-state index is 0.000582. The van der Waals surface area contributed by atoms with Crippen LogP contribution in [0.4, 0.5) is 23.8 Å². The summed E-state index contributed by atoms with van der Waals surface area (Å²) in [6, 6.07) is 18.9. The first-order chi connectivity index (χ1) is 35.9. The molecule has 6 heterocycles. The number of aromatic amines is 3. The second kappa shape index (κ2) is 27.7. The molecule has 386 valence electrons. The minimum Gasteiger partial charge on any atom is -0.507 e. The van der Waals surface area contributed by atoms with Crippen LogP contribution in [-0.2, 0) is 0 Å². The number of aryl methyl sites for hydroxylation is 3. The Kier molecular flexibility index (Phi) is 20.7. The number of hydrogen-bond donors (Lipinski definition) is 13. The summed E-state index contributed by atoms with van der Waals surface area (Å²) in [5.41, 5.74) is 19.2. The predicted octanol–water partition coefficient (Wildman–Crippen LogP) is 2.30. The third-order valence-electron chi connectivity index (χ3n) is 8.59. The van der Waals surface area contributed by atoms with Gasteiger partial charge >= 0.3 is 0 Å². The molecule has 6 aromatic heterocycles. The molecule has 0 atom stereocenters. The number of pyridine rings is 2. The zero-order chi connectivity index (χ0) is 54.4. The van der Waals surface area contributed by atoms with Crippen molar-refractivity contribution >= 4 is 90.9 Å². The van der Waals surface area contributed by atoms with E-state index in [2.05, 4.69) is 141 Å². The summed E-state index contributed by atoms with van der Waals surface area (Å²) in [6.07, 6.45) is 6.19. The molecule has 0 radical (unpaired) electrons. The van der Waals surface area contributed by atoms with Crippen LogP contribution in [0.5, 0.6) is 11.5 Å². The number of amides is 4. The Bertz CT molecular complexity index is 3450. The smallest absolute Gasteiger partial charge is 0.288 e. The van der Waals surface area contributed by atoms with E-state index in [1.165, 1.54) is 51.2 Å². The summed E-state index contributed by atoms with van der Waals surface area (Å²) < 4.78 is 1.29. The average molecular weight is 1180 g/mol. The number of carbonyl (C=O) groups is 4. The summed E-state index contributed by atoms with van der Waals surface area (Å²) in [7, 11) is 0. The molecule has 0 aliphatic rings. The highest BCUT2D eigenvalue weighted by molar-refractivity contribution is 9.10. The van der Waals surface area contributed by atoms with Crippen LogP contribution in [0, 0.1) is 20.8 Å². The van der Waals surface area contributed by atoms with Gasteiger partial charge in [0.2, 0.25) is 23.8 Å². The number of benzene rings is 2. The van der Waals surface area contributed by atoms with Crippen LogP contribution in [-0.4, -0.2) is 99.3 Å². The molecule has 13 N–H and O–H groups in total. The molecular weight excluding hydrogens is 1140 g/mol. The van der Waals surface area contributed by atoms with Crippen molar-refractivity contribution < 1.29 is 29.4 Å². The zero-order valence-electron chi connectivity index (χ0n) is 38.6. The maximum absolute atomic E-state index is 11.9. The van der Waals surface area contributed by atoms with Crippen molar-refractivity contribution in [2.24, 2.45) is 0 Å². The van der Waals surface area contributed by atoms with Gasteiger partial charge < -0.3 is 10.2 Å². The summed E-state index contributed by atoms with van der Waals surface area (Å²) >= 11 is 12.1. The lowest BCUT2D eigenvalue weighted by atomic mass is 10.2. The van der Waals surface area contributed by atoms with E-state index in [0.29, 0.717) is 16.1 Å². The van der Waals surface area contributed by atoms with Gasteiger partial charge in [0.15, 0.2) is 0 Å². The fraction of sp³-hybridized carbons (Fsp3) is 0.0714. The van der Waals surface area contributed by atoms with Gasteiger partial charge in [-0.15, -0.1) is 30.6 Å². The second-order valence-electron chi connectivity index (χ2n) is 14.0. The number of nitrogens with one attached hydrogen (secondary N) is 11. The Morgan fingerprint density at radius 2 is 0.920 bits per heavy atom. The Morgan fingerprint density at radius 1 is 0.507 bits per heavy atom. The fourth-order valence-electron chi connectivity index (χ4n) is 4.85. The summed E-state index contributed by atoms with van der Waals surface area (Å²) in [6.45, 7) is 4.54. The van der Waals surface area contributed by atoms with Crippen molar-refractivity contribution in [2.75, 3.05) is 21.7 Å². The highest BCUT2D eigenvalue weighted by Crippen LogP contribution is 2.31. The van der Waals surface area contributed by atoms with Gasteiger partial charge in [-0.2, -0.15) is 0 Å². The lowest BCUT2D eigenvalue weighted by molar-refractivity contribution is 0.0949. The van der Waals surface area contributed by atoms with Crippen LogP contribution in [0.15, 0.2) is 121 Å². The number of anilines is 4. The summed E-state index contributed by atoms with van der Waals surface area (Å²) in [4.78, 5) is 103. The van der Waals surface area contributed by atoms with Crippen molar-refractivity contribution in [3.05, 3.63) is 182 Å². The molecule has 30 nitrogen and oxygen atoms in total. The molecule has 0 spiro atoms. The van der Waals surface area contributed by atoms with E-state index < -0.39 is 28.8 Å². The molecule has 8 rings (SSSR count). The standard InChI is InChI=1S/C11H9BrClN5O3.C11H11N5O3.C10H8BrN5O.C10H10N6O2/c1-4-9(20)14-11(17-15-4)18-16-10(21)6-2-5(12)3-7(13)8(6)19;1-6-9(18)12-11(15-13-6)16-14-10(19)7-4-2-3-5-8(7)17;11-7-5-13-10(14-6-7)16-15-9(17)8-3-1-2-4-12-8;1-6-8(17)12-10(15-13-6)16-14-9(18)7-4-2-3-5-11-7/h2-3,19H,1H3,(H,16,21)(H2,14,17,18,20);2-5,17H,1H3,(H,14,19)(H2,12,15,16,18);1-6H,(H,15,17)(H,13,14,16);2-5H,1H3,(H,14,18)(H2,12,15,16,17). The number of hydrogen-bond acceptors (Lipinski definition) is 23. The fourth-order valence-corrected chi connectivity index (χ4v) is 5.86. The lowest BCUT2D eigenvalue weighted by Gasteiger charge is -2.09. The number of nitrogens with zero attached hydrogens (tertiary/aromatic N) is 10. The molecule has 0 saturated carbocycles. The molecule has 0 aliphatic carbocycles. The lowest BCUT2D eigenvalue weighted by Crippen LogP contribution is -2.32. The van der Waals surface area contributed by atoms with Crippen LogP contribution in [0.3, 0.4) is 0 Å². The number of hydrazine groups is 4. The van der Waals surface area contributed by atoms with E-state index in [1.807, 2.05) is 0 Å². The largest absolute Gasteiger partial charge is 0.507 e. The first-order valence-corrected chi connectivity index (χ1v) is 22.7. The zero-order valence-corrected chi connectivity index (χ0v) is 42.5. The van der Waals surface area contributed by atoms with Crippen LogP contribution in [0.2, 0.25) is 5.02 Å². The van der Waals surface area contributed by atoms with Crippen LogP contribution < -0.4 is 60.1 Å². The van der Waals surface area contributed by atoms with Gasteiger partial charge in [0.1, 0.15) is 40.0 Å². The van der Waals surface area contributed by atoms with Gasteiger partial charge in [0.25, 0.3) is 40.3 Å².